The average molecular weight is 337 g/mol. The fraction of sp³-hybridized carbons (Fsp3) is 0.188. The number of benzene rings is 2. The maximum Gasteiger partial charge on any atom is 0.311 e. The summed E-state index contributed by atoms with van der Waals surface area (Å²) < 4.78 is 19.2. The Morgan fingerprint density at radius 3 is 2.60 bits per heavy atom. The lowest BCUT2D eigenvalue weighted by Gasteiger charge is -2.11. The van der Waals surface area contributed by atoms with E-state index in [0.717, 1.165) is 5.56 Å². The normalized spacial score (nSPS) is 11.9. The van der Waals surface area contributed by atoms with Crippen molar-refractivity contribution in [3.63, 3.8) is 0 Å². The first-order valence-corrected chi connectivity index (χ1v) is 7.06. The van der Waals surface area contributed by atoms with Crippen LogP contribution < -0.4 is 4.74 Å². The zero-order valence-corrected chi connectivity index (χ0v) is 12.6. The molecule has 104 valence electrons. The summed E-state index contributed by atoms with van der Waals surface area (Å²) in [6, 6.07) is 14.0. The third kappa shape index (κ3) is 3.90. The van der Waals surface area contributed by atoms with Gasteiger partial charge in [-0.05, 0) is 29.7 Å². The number of hydrogen-bond donors (Lipinski definition) is 0. The summed E-state index contributed by atoms with van der Waals surface area (Å²) in [6.45, 7) is 1.94. The van der Waals surface area contributed by atoms with Crippen molar-refractivity contribution in [2.45, 2.75) is 19.3 Å². The van der Waals surface area contributed by atoms with Gasteiger partial charge in [0.1, 0.15) is 0 Å². The first-order valence-electron chi connectivity index (χ1n) is 6.27. The molecule has 1 atom stereocenters. The van der Waals surface area contributed by atoms with Gasteiger partial charge < -0.3 is 4.74 Å². The minimum Gasteiger partial charge on any atom is -0.423 e. The third-order valence-electron chi connectivity index (χ3n) is 2.96. The minimum absolute atomic E-state index is 0.0298. The molecule has 0 aliphatic heterocycles. The highest BCUT2D eigenvalue weighted by Crippen LogP contribution is 2.24. The lowest BCUT2D eigenvalue weighted by atomic mass is 9.98. The molecule has 0 aliphatic rings. The van der Waals surface area contributed by atoms with Gasteiger partial charge in [-0.25, -0.2) is 4.39 Å². The highest BCUT2D eigenvalue weighted by molar-refractivity contribution is 9.10. The van der Waals surface area contributed by atoms with Crippen LogP contribution in [0.15, 0.2) is 53.0 Å². The van der Waals surface area contributed by atoms with Gasteiger partial charge in [-0.3, -0.25) is 4.79 Å². The molecule has 0 saturated heterocycles. The van der Waals surface area contributed by atoms with Crippen molar-refractivity contribution >= 4 is 21.9 Å². The number of halogens is 2. The van der Waals surface area contributed by atoms with Crippen LogP contribution >= 0.6 is 15.9 Å². The largest absolute Gasteiger partial charge is 0.423 e. The van der Waals surface area contributed by atoms with Crippen LogP contribution in [0.4, 0.5) is 4.39 Å². The van der Waals surface area contributed by atoms with E-state index in [2.05, 4.69) is 15.9 Å². The maximum atomic E-state index is 13.6. The quantitative estimate of drug-likeness (QED) is 0.598. The van der Waals surface area contributed by atoms with Crippen molar-refractivity contribution < 1.29 is 13.9 Å². The van der Waals surface area contributed by atoms with Crippen LogP contribution in [0.3, 0.4) is 0 Å². The Balaban J connectivity index is 1.99. The Kier molecular flexibility index (Phi) is 4.90. The molecule has 0 saturated carbocycles. The smallest absolute Gasteiger partial charge is 0.311 e. The molecule has 20 heavy (non-hydrogen) atoms. The summed E-state index contributed by atoms with van der Waals surface area (Å²) in [4.78, 5) is 11.8. The van der Waals surface area contributed by atoms with E-state index in [1.165, 1.54) is 12.1 Å². The second-order valence-corrected chi connectivity index (χ2v) is 5.48. The average Bonchev–Trinajstić information content (AvgIpc) is 2.43. The molecule has 4 heteroatoms. The molecule has 0 N–H and O–H groups in total. The zero-order chi connectivity index (χ0) is 14.5. The Bertz CT molecular complexity index is 599. The SMILES string of the molecule is CC(CC(=O)Oc1ccc(Br)cc1F)c1ccccc1. The molecular weight excluding hydrogens is 323 g/mol. The molecule has 0 aliphatic carbocycles. The van der Waals surface area contributed by atoms with Crippen molar-refractivity contribution in [2.75, 3.05) is 0 Å². The molecule has 0 spiro atoms. The van der Waals surface area contributed by atoms with Crippen LogP contribution in [0.1, 0.15) is 24.8 Å². The van der Waals surface area contributed by atoms with Crippen LogP contribution in [0, 0.1) is 5.82 Å². The molecule has 0 aromatic heterocycles. The van der Waals surface area contributed by atoms with E-state index < -0.39 is 11.8 Å². The van der Waals surface area contributed by atoms with E-state index in [0.29, 0.717) is 4.47 Å². The van der Waals surface area contributed by atoms with Crippen LogP contribution in [-0.4, -0.2) is 5.97 Å². The Morgan fingerprint density at radius 2 is 1.95 bits per heavy atom. The highest BCUT2D eigenvalue weighted by Gasteiger charge is 2.14. The standard InChI is InChI=1S/C16H14BrFO2/c1-11(12-5-3-2-4-6-12)9-16(19)20-15-8-7-13(17)10-14(15)18/h2-8,10-11H,9H2,1H3. The Hall–Kier alpha value is -1.68. The second-order valence-electron chi connectivity index (χ2n) is 4.56. The van der Waals surface area contributed by atoms with Gasteiger partial charge in [-0.1, -0.05) is 53.2 Å². The molecule has 0 heterocycles. The molecule has 0 amide bonds. The molecular formula is C16H14BrFO2. The van der Waals surface area contributed by atoms with Gasteiger partial charge in [-0.2, -0.15) is 0 Å². The van der Waals surface area contributed by atoms with Gasteiger partial charge in [0, 0.05) is 4.47 Å². The van der Waals surface area contributed by atoms with Crippen molar-refractivity contribution in [1.29, 1.82) is 0 Å². The molecule has 2 aromatic carbocycles. The molecule has 1 unspecified atom stereocenters. The van der Waals surface area contributed by atoms with Gasteiger partial charge in [-0.15, -0.1) is 0 Å². The van der Waals surface area contributed by atoms with Crippen molar-refractivity contribution in [3.05, 3.63) is 64.4 Å². The Morgan fingerprint density at radius 1 is 1.25 bits per heavy atom. The van der Waals surface area contributed by atoms with Crippen LogP contribution in [-0.2, 0) is 4.79 Å². The van der Waals surface area contributed by atoms with Crippen LogP contribution in [0.25, 0.3) is 0 Å². The van der Waals surface area contributed by atoms with E-state index in [9.17, 15) is 9.18 Å². The highest BCUT2D eigenvalue weighted by atomic mass is 79.9. The van der Waals surface area contributed by atoms with E-state index in [1.807, 2.05) is 37.3 Å². The van der Waals surface area contributed by atoms with E-state index in [-0.39, 0.29) is 18.1 Å². The number of ether oxygens (including phenoxy) is 1. The first-order chi connectivity index (χ1) is 9.56. The van der Waals surface area contributed by atoms with E-state index in [4.69, 9.17) is 4.74 Å². The first kappa shape index (κ1) is 14.7. The van der Waals surface area contributed by atoms with Crippen LogP contribution in [0.5, 0.6) is 5.75 Å². The fourth-order valence-electron chi connectivity index (χ4n) is 1.87. The number of esters is 1. The van der Waals surface area contributed by atoms with Crippen molar-refractivity contribution in [3.8, 4) is 5.75 Å². The molecule has 2 nitrogen and oxygen atoms in total. The molecule has 2 rings (SSSR count). The molecule has 2 aromatic rings. The topological polar surface area (TPSA) is 26.3 Å². The molecule has 0 bridgehead atoms. The maximum absolute atomic E-state index is 13.6. The van der Waals surface area contributed by atoms with Crippen molar-refractivity contribution in [2.24, 2.45) is 0 Å². The summed E-state index contributed by atoms with van der Waals surface area (Å²) in [5.74, 6) is -1.01. The van der Waals surface area contributed by atoms with Gasteiger partial charge >= 0.3 is 5.97 Å². The summed E-state index contributed by atoms with van der Waals surface area (Å²) in [5, 5.41) is 0. The van der Waals surface area contributed by atoms with Gasteiger partial charge in [0.2, 0.25) is 0 Å². The summed E-state index contributed by atoms with van der Waals surface area (Å²) in [6.07, 6.45) is 0.208. The van der Waals surface area contributed by atoms with Gasteiger partial charge in [0.05, 0.1) is 6.42 Å². The van der Waals surface area contributed by atoms with Gasteiger partial charge in [0.15, 0.2) is 11.6 Å². The molecule has 0 fully saturated rings. The van der Waals surface area contributed by atoms with E-state index in [1.54, 1.807) is 6.07 Å². The van der Waals surface area contributed by atoms with E-state index >= 15 is 0 Å². The fourth-order valence-corrected chi connectivity index (χ4v) is 2.20. The summed E-state index contributed by atoms with van der Waals surface area (Å²) in [5.41, 5.74) is 1.06. The van der Waals surface area contributed by atoms with Crippen LogP contribution in [0.2, 0.25) is 0 Å². The van der Waals surface area contributed by atoms with Gasteiger partial charge in [0.25, 0.3) is 0 Å². The summed E-state index contributed by atoms with van der Waals surface area (Å²) >= 11 is 3.15. The number of carbonyl (C=O) groups is 1. The number of rotatable bonds is 4. The van der Waals surface area contributed by atoms with Crippen molar-refractivity contribution in [1.82, 2.24) is 0 Å². The lowest BCUT2D eigenvalue weighted by molar-refractivity contribution is -0.134. The minimum atomic E-state index is -0.555. The second kappa shape index (κ2) is 6.66. The third-order valence-corrected chi connectivity index (χ3v) is 3.45. The molecule has 0 radical (unpaired) electrons. The Labute approximate surface area is 125 Å². The summed E-state index contributed by atoms with van der Waals surface area (Å²) in [7, 11) is 0. The number of carbonyl (C=O) groups excluding carboxylic acids is 1. The number of hydrogen-bond acceptors (Lipinski definition) is 2. The predicted octanol–water partition coefficient (Wildman–Crippen LogP) is 4.69. The monoisotopic (exact) mass is 336 g/mol. The predicted molar refractivity (Wildman–Crippen MR) is 79.2 cm³/mol. The lowest BCUT2D eigenvalue weighted by Crippen LogP contribution is -2.12. The zero-order valence-electron chi connectivity index (χ0n) is 11.0.